The zero-order valence-corrected chi connectivity index (χ0v) is 17.5. The number of aromatic amines is 1. The van der Waals surface area contributed by atoms with E-state index in [1.165, 1.54) is 12.1 Å². The van der Waals surface area contributed by atoms with Gasteiger partial charge in [0.05, 0.1) is 18.3 Å². The first kappa shape index (κ1) is 20.1. The Kier molecular flexibility index (Phi) is 5.84. The molecule has 4 rings (SSSR count). The first-order valence-corrected chi connectivity index (χ1v) is 10.6. The lowest BCUT2D eigenvalue weighted by Gasteiger charge is -2.21. The largest absolute Gasteiger partial charge is 0.360 e. The molecule has 0 aliphatic rings. The second kappa shape index (κ2) is 8.69. The summed E-state index contributed by atoms with van der Waals surface area (Å²) in [4.78, 5) is 17.7. The van der Waals surface area contributed by atoms with Crippen molar-refractivity contribution in [2.24, 2.45) is 0 Å². The number of hydrogen-bond donors (Lipinski definition) is 1. The van der Waals surface area contributed by atoms with Crippen LogP contribution in [0.2, 0.25) is 0 Å². The lowest BCUT2D eigenvalue weighted by atomic mass is 10.0. The Hall–Kier alpha value is -3.15. The fourth-order valence-electron chi connectivity index (χ4n) is 4.03. The van der Waals surface area contributed by atoms with E-state index < -0.39 is 0 Å². The number of hydrogen-bond acceptors (Lipinski definition) is 2. The maximum Gasteiger partial charge on any atom is 0.224 e. The van der Waals surface area contributed by atoms with Crippen molar-refractivity contribution < 1.29 is 9.18 Å². The van der Waals surface area contributed by atoms with Crippen LogP contribution >= 0.6 is 0 Å². The third-order valence-corrected chi connectivity index (χ3v) is 5.47. The molecule has 0 fully saturated rings. The van der Waals surface area contributed by atoms with E-state index in [-0.39, 0.29) is 11.7 Å². The van der Waals surface area contributed by atoms with Crippen LogP contribution in [0.15, 0.2) is 48.8 Å². The number of aromatic nitrogens is 3. The highest BCUT2D eigenvalue weighted by Gasteiger charge is 2.14. The van der Waals surface area contributed by atoms with Gasteiger partial charge in [-0.3, -0.25) is 9.48 Å². The summed E-state index contributed by atoms with van der Waals surface area (Å²) in [5.41, 5.74) is 3.87. The fraction of sp³-hybridized carbons (Fsp3) is 0.333. The third-order valence-electron chi connectivity index (χ3n) is 5.47. The predicted molar refractivity (Wildman–Crippen MR) is 119 cm³/mol. The summed E-state index contributed by atoms with van der Waals surface area (Å²) in [5, 5.41) is 6.51. The van der Waals surface area contributed by atoms with Crippen LogP contribution in [0.1, 0.15) is 33.1 Å². The number of amides is 1. The zero-order valence-electron chi connectivity index (χ0n) is 17.5. The van der Waals surface area contributed by atoms with Gasteiger partial charge < -0.3 is 9.88 Å². The molecule has 1 amide bonds. The lowest BCUT2D eigenvalue weighted by Crippen LogP contribution is -2.33. The molecule has 4 aromatic rings. The molecule has 30 heavy (non-hydrogen) atoms. The Morgan fingerprint density at radius 2 is 1.93 bits per heavy atom. The van der Waals surface area contributed by atoms with Crippen molar-refractivity contribution in [1.29, 1.82) is 0 Å². The van der Waals surface area contributed by atoms with Crippen LogP contribution in [-0.4, -0.2) is 38.7 Å². The van der Waals surface area contributed by atoms with Crippen LogP contribution in [0.25, 0.3) is 32.9 Å². The van der Waals surface area contributed by atoms with E-state index in [9.17, 15) is 9.18 Å². The maximum atomic E-state index is 13.5. The van der Waals surface area contributed by atoms with Crippen molar-refractivity contribution in [3.8, 4) is 11.1 Å². The van der Waals surface area contributed by atoms with Crippen molar-refractivity contribution >= 4 is 27.7 Å². The number of H-pyrrole nitrogens is 1. The van der Waals surface area contributed by atoms with E-state index in [1.807, 2.05) is 28.0 Å². The molecule has 0 saturated carbocycles. The molecule has 2 aromatic carbocycles. The van der Waals surface area contributed by atoms with Crippen LogP contribution < -0.4 is 0 Å². The van der Waals surface area contributed by atoms with Crippen molar-refractivity contribution in [3.05, 3.63) is 54.6 Å². The van der Waals surface area contributed by atoms with Gasteiger partial charge in [0.1, 0.15) is 5.82 Å². The minimum absolute atomic E-state index is 0.185. The summed E-state index contributed by atoms with van der Waals surface area (Å²) in [6.45, 7) is 6.38. The van der Waals surface area contributed by atoms with E-state index in [4.69, 9.17) is 0 Å². The second-order valence-electron chi connectivity index (χ2n) is 7.66. The SMILES string of the molecule is CCCN(CCC)C(=O)CCn1ncc2cc(-c3c[nH]c4cc(F)ccc34)ccc21. The maximum absolute atomic E-state index is 13.5. The molecule has 5 nitrogen and oxygen atoms in total. The van der Waals surface area contributed by atoms with Crippen molar-refractivity contribution in [2.75, 3.05) is 13.1 Å². The van der Waals surface area contributed by atoms with Gasteiger partial charge in [0, 0.05) is 47.6 Å². The van der Waals surface area contributed by atoms with Crippen LogP contribution in [0.3, 0.4) is 0 Å². The summed E-state index contributed by atoms with van der Waals surface area (Å²) < 4.78 is 15.4. The number of carbonyl (C=O) groups excluding carboxylic acids is 1. The molecule has 0 aliphatic carbocycles. The third kappa shape index (κ3) is 3.95. The van der Waals surface area contributed by atoms with Gasteiger partial charge in [-0.05, 0) is 48.7 Å². The van der Waals surface area contributed by atoms with Gasteiger partial charge in [-0.1, -0.05) is 19.9 Å². The second-order valence-corrected chi connectivity index (χ2v) is 7.66. The van der Waals surface area contributed by atoms with Gasteiger partial charge in [0.25, 0.3) is 0 Å². The minimum Gasteiger partial charge on any atom is -0.360 e. The Bertz CT molecular complexity index is 1170. The number of aryl methyl sites for hydroxylation is 1. The number of rotatable bonds is 8. The topological polar surface area (TPSA) is 53.9 Å². The van der Waals surface area contributed by atoms with Gasteiger partial charge in [0.15, 0.2) is 0 Å². The Balaban J connectivity index is 1.54. The van der Waals surface area contributed by atoms with Crippen molar-refractivity contribution in [3.63, 3.8) is 0 Å². The molecule has 0 bridgehead atoms. The van der Waals surface area contributed by atoms with Crippen LogP contribution in [0.4, 0.5) is 4.39 Å². The highest BCUT2D eigenvalue weighted by molar-refractivity contribution is 5.97. The van der Waals surface area contributed by atoms with Gasteiger partial charge in [-0.2, -0.15) is 5.10 Å². The normalized spacial score (nSPS) is 11.4. The number of carbonyl (C=O) groups is 1. The molecule has 1 N–H and O–H groups in total. The van der Waals surface area contributed by atoms with E-state index in [2.05, 4.69) is 36.1 Å². The van der Waals surface area contributed by atoms with Crippen LogP contribution in [0.5, 0.6) is 0 Å². The summed E-state index contributed by atoms with van der Waals surface area (Å²) in [6, 6.07) is 11.0. The molecule has 2 heterocycles. The monoisotopic (exact) mass is 406 g/mol. The van der Waals surface area contributed by atoms with E-state index >= 15 is 0 Å². The molecule has 0 spiro atoms. The zero-order chi connectivity index (χ0) is 21.1. The van der Waals surface area contributed by atoms with Gasteiger partial charge in [-0.15, -0.1) is 0 Å². The number of fused-ring (bicyclic) bond motifs is 2. The highest BCUT2D eigenvalue weighted by atomic mass is 19.1. The number of halogens is 1. The fourth-order valence-corrected chi connectivity index (χ4v) is 4.03. The Morgan fingerprint density at radius 1 is 1.13 bits per heavy atom. The average molecular weight is 407 g/mol. The van der Waals surface area contributed by atoms with Crippen LogP contribution in [-0.2, 0) is 11.3 Å². The van der Waals surface area contributed by atoms with Crippen molar-refractivity contribution in [1.82, 2.24) is 19.7 Å². The molecule has 0 unspecified atom stereocenters. The molecule has 0 radical (unpaired) electrons. The Morgan fingerprint density at radius 3 is 2.70 bits per heavy atom. The molecule has 156 valence electrons. The molecular weight excluding hydrogens is 379 g/mol. The smallest absolute Gasteiger partial charge is 0.224 e. The summed E-state index contributed by atoms with van der Waals surface area (Å²) in [6.07, 6.45) is 6.14. The summed E-state index contributed by atoms with van der Waals surface area (Å²) >= 11 is 0. The number of nitrogens with one attached hydrogen (secondary N) is 1. The standard InChI is InChI=1S/C24H27FN4O/c1-3-10-28(11-4-2)24(30)9-12-29-23-8-5-17(13-18(23)15-27-29)21-16-26-22-14-19(25)6-7-20(21)22/h5-8,13-16,26H,3-4,9-12H2,1-2H3. The lowest BCUT2D eigenvalue weighted by molar-refractivity contribution is -0.131. The van der Waals surface area contributed by atoms with E-state index in [0.717, 1.165) is 58.9 Å². The van der Waals surface area contributed by atoms with Gasteiger partial charge in [0.2, 0.25) is 5.91 Å². The summed E-state index contributed by atoms with van der Waals surface area (Å²) in [7, 11) is 0. The number of nitrogens with zero attached hydrogens (tertiary/aromatic N) is 3. The Labute approximate surface area is 175 Å². The molecule has 2 aromatic heterocycles. The molecule has 0 atom stereocenters. The summed E-state index contributed by atoms with van der Waals surface area (Å²) in [5.74, 6) is -0.0661. The van der Waals surface area contributed by atoms with Crippen LogP contribution in [0, 0.1) is 5.82 Å². The van der Waals surface area contributed by atoms with E-state index in [1.54, 1.807) is 6.07 Å². The molecule has 0 aliphatic heterocycles. The highest BCUT2D eigenvalue weighted by Crippen LogP contribution is 2.31. The minimum atomic E-state index is -0.251. The number of benzene rings is 2. The first-order valence-electron chi connectivity index (χ1n) is 10.6. The molecular formula is C24H27FN4O. The quantitative estimate of drug-likeness (QED) is 0.428. The van der Waals surface area contributed by atoms with Crippen molar-refractivity contribution in [2.45, 2.75) is 39.7 Å². The molecule has 0 saturated heterocycles. The average Bonchev–Trinajstić information content (AvgIpc) is 3.34. The van der Waals surface area contributed by atoms with Gasteiger partial charge in [-0.25, -0.2) is 4.39 Å². The molecule has 6 heteroatoms. The predicted octanol–water partition coefficient (Wildman–Crippen LogP) is 5.36. The first-order chi connectivity index (χ1) is 14.6. The van der Waals surface area contributed by atoms with E-state index in [0.29, 0.717) is 13.0 Å². The van der Waals surface area contributed by atoms with Gasteiger partial charge >= 0.3 is 0 Å².